The molecular weight excluding hydrogens is 266 g/mol. The second-order valence-electron chi connectivity index (χ2n) is 3.80. The predicted molar refractivity (Wildman–Crippen MR) is 76.9 cm³/mol. The molecule has 0 heterocycles. The average molecular weight is 284 g/mol. The van der Waals surface area contributed by atoms with Crippen molar-refractivity contribution in [2.45, 2.75) is 13.3 Å². The number of anilines is 1. The van der Waals surface area contributed by atoms with Crippen molar-refractivity contribution in [3.05, 3.63) is 34.9 Å². The largest absolute Gasteiger partial charge is 0.495 e. The number of hydrogen-bond donors (Lipinski definition) is 1. The summed E-state index contributed by atoms with van der Waals surface area (Å²) in [6, 6.07) is 5.41. The molecule has 0 aliphatic heterocycles. The summed E-state index contributed by atoms with van der Waals surface area (Å²) in [6.07, 6.45) is 2.45. The van der Waals surface area contributed by atoms with Crippen molar-refractivity contribution in [3.8, 4) is 5.75 Å². The van der Waals surface area contributed by atoms with Gasteiger partial charge in [0.25, 0.3) is 0 Å². The van der Waals surface area contributed by atoms with E-state index in [2.05, 4.69) is 10.1 Å². The molecule has 0 fully saturated rings. The summed E-state index contributed by atoms with van der Waals surface area (Å²) in [5.41, 5.74) is 1.52. The summed E-state index contributed by atoms with van der Waals surface area (Å²) < 4.78 is 9.81. The fourth-order valence-corrected chi connectivity index (χ4v) is 1.76. The Morgan fingerprint density at radius 3 is 2.74 bits per heavy atom. The summed E-state index contributed by atoms with van der Waals surface area (Å²) >= 11 is 5.94. The lowest BCUT2D eigenvalue weighted by Crippen LogP contribution is -2.07. The molecule has 1 aromatic rings. The molecule has 0 atom stereocenters. The molecule has 0 aromatic heterocycles. The van der Waals surface area contributed by atoms with Gasteiger partial charge in [0.15, 0.2) is 0 Å². The Bertz CT molecular complexity index is 472. The minimum absolute atomic E-state index is 0.294. The Balaban J connectivity index is 2.66. The van der Waals surface area contributed by atoms with Gasteiger partial charge in [-0.1, -0.05) is 24.6 Å². The number of nitrogens with one attached hydrogen (secondary N) is 1. The van der Waals surface area contributed by atoms with Gasteiger partial charge >= 0.3 is 5.97 Å². The molecule has 0 unspecified atom stereocenters. The van der Waals surface area contributed by atoms with E-state index in [0.717, 1.165) is 5.69 Å². The van der Waals surface area contributed by atoms with Crippen molar-refractivity contribution in [1.29, 1.82) is 0 Å². The summed E-state index contributed by atoms with van der Waals surface area (Å²) in [6.45, 7) is 2.44. The number of benzene rings is 1. The van der Waals surface area contributed by atoms with Gasteiger partial charge in [0.2, 0.25) is 0 Å². The third-order valence-corrected chi connectivity index (χ3v) is 2.95. The van der Waals surface area contributed by atoms with Crippen LogP contribution in [-0.2, 0) is 9.53 Å². The number of esters is 1. The first-order chi connectivity index (χ1) is 9.12. The average Bonchev–Trinajstić information content (AvgIpc) is 2.44. The van der Waals surface area contributed by atoms with Crippen LogP contribution in [0.1, 0.15) is 13.3 Å². The van der Waals surface area contributed by atoms with Gasteiger partial charge in [0, 0.05) is 23.9 Å². The van der Waals surface area contributed by atoms with Crippen LogP contribution in [0, 0.1) is 0 Å². The molecule has 0 aliphatic rings. The number of rotatable bonds is 6. The molecule has 0 saturated heterocycles. The van der Waals surface area contributed by atoms with Crippen molar-refractivity contribution in [2.75, 3.05) is 26.1 Å². The van der Waals surface area contributed by atoms with Crippen molar-refractivity contribution < 1.29 is 14.3 Å². The molecule has 1 rings (SSSR count). The fraction of sp³-hybridized carbons (Fsp3) is 0.357. The zero-order valence-corrected chi connectivity index (χ0v) is 12.1. The first kappa shape index (κ1) is 15.4. The van der Waals surface area contributed by atoms with E-state index in [1.807, 2.05) is 19.1 Å². The Morgan fingerprint density at radius 2 is 2.16 bits per heavy atom. The number of hydrogen-bond acceptors (Lipinski definition) is 4. The molecule has 0 radical (unpaired) electrons. The highest BCUT2D eigenvalue weighted by Crippen LogP contribution is 2.27. The number of halogens is 1. The first-order valence-corrected chi connectivity index (χ1v) is 6.34. The molecule has 0 spiro atoms. The van der Waals surface area contributed by atoms with Gasteiger partial charge in [-0.15, -0.1) is 0 Å². The Kier molecular flexibility index (Phi) is 6.22. The van der Waals surface area contributed by atoms with Gasteiger partial charge in [0.05, 0.1) is 19.2 Å². The standard InChI is InChI=1S/C14H18ClNO3/c1-4-10(14(17)19-3)7-8-16-11-5-6-12(15)13(9-11)18-2/h5-7,9,16H,4,8H2,1-3H3/b10-7-. The predicted octanol–water partition coefficient (Wildman–Crippen LogP) is 3.27. The normalized spacial score (nSPS) is 11.1. The molecule has 0 aliphatic carbocycles. The smallest absolute Gasteiger partial charge is 0.333 e. The molecule has 0 bridgehead atoms. The first-order valence-electron chi connectivity index (χ1n) is 5.97. The maximum absolute atomic E-state index is 11.4. The fourth-order valence-electron chi connectivity index (χ4n) is 1.56. The van der Waals surface area contributed by atoms with Crippen LogP contribution in [0.3, 0.4) is 0 Å². The zero-order chi connectivity index (χ0) is 14.3. The van der Waals surface area contributed by atoms with Gasteiger partial charge in [0.1, 0.15) is 5.75 Å². The molecule has 5 heteroatoms. The van der Waals surface area contributed by atoms with Crippen molar-refractivity contribution >= 4 is 23.3 Å². The summed E-state index contributed by atoms with van der Waals surface area (Å²) in [5.74, 6) is 0.317. The van der Waals surface area contributed by atoms with Gasteiger partial charge < -0.3 is 14.8 Å². The monoisotopic (exact) mass is 283 g/mol. The van der Waals surface area contributed by atoms with Crippen LogP contribution in [-0.4, -0.2) is 26.7 Å². The molecule has 1 aromatic carbocycles. The minimum Gasteiger partial charge on any atom is -0.495 e. The Morgan fingerprint density at radius 1 is 1.42 bits per heavy atom. The van der Waals surface area contributed by atoms with E-state index < -0.39 is 0 Å². The topological polar surface area (TPSA) is 47.6 Å². The Hall–Kier alpha value is -1.68. The van der Waals surface area contributed by atoms with Crippen LogP contribution in [0.15, 0.2) is 29.8 Å². The minimum atomic E-state index is -0.294. The lowest BCUT2D eigenvalue weighted by atomic mass is 10.2. The SMILES string of the molecule is CC/C(=C/CNc1ccc(Cl)c(OC)c1)C(=O)OC. The molecular formula is C14H18ClNO3. The molecule has 1 N–H and O–H groups in total. The molecule has 0 amide bonds. The van der Waals surface area contributed by atoms with Crippen LogP contribution in [0.2, 0.25) is 5.02 Å². The highest BCUT2D eigenvalue weighted by Gasteiger charge is 2.06. The van der Waals surface area contributed by atoms with Crippen LogP contribution in [0.4, 0.5) is 5.69 Å². The van der Waals surface area contributed by atoms with E-state index in [9.17, 15) is 4.79 Å². The molecule has 4 nitrogen and oxygen atoms in total. The van der Waals surface area contributed by atoms with E-state index >= 15 is 0 Å². The van der Waals surface area contributed by atoms with E-state index in [1.54, 1.807) is 19.2 Å². The molecule has 104 valence electrons. The summed E-state index contributed by atoms with van der Waals surface area (Å²) in [5, 5.41) is 3.73. The Labute approximate surface area is 118 Å². The van der Waals surface area contributed by atoms with Crippen LogP contribution in [0.25, 0.3) is 0 Å². The molecule has 0 saturated carbocycles. The lowest BCUT2D eigenvalue weighted by Gasteiger charge is -2.08. The number of ether oxygens (including phenoxy) is 2. The molecule has 19 heavy (non-hydrogen) atoms. The van der Waals surface area contributed by atoms with Crippen LogP contribution < -0.4 is 10.1 Å². The maximum atomic E-state index is 11.4. The second-order valence-corrected chi connectivity index (χ2v) is 4.21. The summed E-state index contributed by atoms with van der Waals surface area (Å²) in [7, 11) is 2.95. The van der Waals surface area contributed by atoms with Crippen molar-refractivity contribution in [1.82, 2.24) is 0 Å². The second kappa shape index (κ2) is 7.69. The highest BCUT2D eigenvalue weighted by molar-refractivity contribution is 6.32. The van der Waals surface area contributed by atoms with E-state index in [-0.39, 0.29) is 5.97 Å². The maximum Gasteiger partial charge on any atom is 0.333 e. The number of methoxy groups -OCH3 is 2. The van der Waals surface area contributed by atoms with E-state index in [4.69, 9.17) is 16.3 Å². The quantitative estimate of drug-likeness (QED) is 0.643. The van der Waals surface area contributed by atoms with Crippen molar-refractivity contribution in [2.24, 2.45) is 0 Å². The third kappa shape index (κ3) is 4.48. The highest BCUT2D eigenvalue weighted by atomic mass is 35.5. The van der Waals surface area contributed by atoms with E-state index in [1.165, 1.54) is 7.11 Å². The van der Waals surface area contributed by atoms with Gasteiger partial charge in [-0.05, 0) is 18.6 Å². The van der Waals surface area contributed by atoms with Crippen LogP contribution >= 0.6 is 11.6 Å². The lowest BCUT2D eigenvalue weighted by molar-refractivity contribution is -0.136. The van der Waals surface area contributed by atoms with Gasteiger partial charge in [-0.25, -0.2) is 4.79 Å². The summed E-state index contributed by atoms with van der Waals surface area (Å²) in [4.78, 5) is 11.4. The zero-order valence-electron chi connectivity index (χ0n) is 11.3. The van der Waals surface area contributed by atoms with Gasteiger partial charge in [-0.3, -0.25) is 0 Å². The number of carbonyl (C=O) groups is 1. The van der Waals surface area contributed by atoms with Crippen LogP contribution in [0.5, 0.6) is 5.75 Å². The van der Waals surface area contributed by atoms with Gasteiger partial charge in [-0.2, -0.15) is 0 Å². The van der Waals surface area contributed by atoms with Crippen molar-refractivity contribution in [3.63, 3.8) is 0 Å². The number of carbonyl (C=O) groups excluding carboxylic acids is 1. The van der Waals surface area contributed by atoms with E-state index in [0.29, 0.717) is 29.3 Å². The third-order valence-electron chi connectivity index (χ3n) is 2.63.